The molecule has 0 fully saturated rings. The Balaban J connectivity index is 1.95. The monoisotopic (exact) mass is 327 g/mol. The van der Waals surface area contributed by atoms with Gasteiger partial charge in [-0.2, -0.15) is 0 Å². The summed E-state index contributed by atoms with van der Waals surface area (Å²) in [7, 11) is 0. The van der Waals surface area contributed by atoms with Gasteiger partial charge in [-0.05, 0) is 46.0 Å². The van der Waals surface area contributed by atoms with Crippen molar-refractivity contribution >= 4 is 45.2 Å². The van der Waals surface area contributed by atoms with Gasteiger partial charge in [0.1, 0.15) is 0 Å². The first kappa shape index (κ1) is 15.0. The molecule has 0 bridgehead atoms. The predicted octanol–water partition coefficient (Wildman–Crippen LogP) is 6.47. The first-order chi connectivity index (χ1) is 11.9. The molecule has 4 aromatic carbocycles. The summed E-state index contributed by atoms with van der Waals surface area (Å²) in [4.78, 5) is 5.99. The van der Waals surface area contributed by atoms with Crippen molar-refractivity contribution in [2.45, 2.75) is 4.90 Å². The van der Waals surface area contributed by atoms with E-state index in [-0.39, 0.29) is 0 Å². The summed E-state index contributed by atoms with van der Waals surface area (Å²) in [5.41, 5.74) is 2.20. The Morgan fingerprint density at radius 1 is 0.750 bits per heavy atom. The molecule has 0 spiro atoms. The van der Waals surface area contributed by atoms with Crippen molar-refractivity contribution in [1.82, 2.24) is 0 Å². The van der Waals surface area contributed by atoms with Crippen LogP contribution in [0.3, 0.4) is 0 Å². The van der Waals surface area contributed by atoms with Crippen LogP contribution in [-0.4, -0.2) is 12.5 Å². The smallest absolute Gasteiger partial charge is 0.0765 e. The van der Waals surface area contributed by atoms with Crippen LogP contribution < -0.4 is 0 Å². The Kier molecular flexibility index (Phi) is 4.06. The molecule has 2 heteroatoms. The SMILES string of the molecule is CSc1ccccc1N=Cc1c2ccccc2cc2ccccc12. The molecule has 24 heavy (non-hydrogen) atoms. The van der Waals surface area contributed by atoms with E-state index in [4.69, 9.17) is 4.99 Å². The van der Waals surface area contributed by atoms with Gasteiger partial charge in [-0.15, -0.1) is 11.8 Å². The fourth-order valence-electron chi connectivity index (χ4n) is 3.06. The van der Waals surface area contributed by atoms with Crippen LogP contribution in [0, 0.1) is 0 Å². The van der Waals surface area contributed by atoms with Crippen molar-refractivity contribution < 1.29 is 0 Å². The number of aliphatic imine (C=N–C) groups is 1. The molecule has 4 aromatic rings. The van der Waals surface area contributed by atoms with Crippen molar-refractivity contribution in [2.24, 2.45) is 4.99 Å². The van der Waals surface area contributed by atoms with Gasteiger partial charge >= 0.3 is 0 Å². The third-order valence-electron chi connectivity index (χ3n) is 4.23. The normalized spacial score (nSPS) is 11.5. The molecule has 0 aliphatic heterocycles. The molecule has 0 aromatic heterocycles. The van der Waals surface area contributed by atoms with Crippen LogP contribution in [0.4, 0.5) is 5.69 Å². The van der Waals surface area contributed by atoms with Gasteiger partial charge in [0.25, 0.3) is 0 Å². The zero-order chi connectivity index (χ0) is 16.4. The minimum Gasteiger partial charge on any atom is -0.255 e. The van der Waals surface area contributed by atoms with Crippen LogP contribution >= 0.6 is 11.8 Å². The third kappa shape index (κ3) is 2.70. The summed E-state index contributed by atoms with van der Waals surface area (Å²) in [5, 5.41) is 4.97. The molecule has 0 aliphatic rings. The maximum Gasteiger partial charge on any atom is 0.0765 e. The van der Waals surface area contributed by atoms with Gasteiger partial charge in [0.15, 0.2) is 0 Å². The lowest BCUT2D eigenvalue weighted by Crippen LogP contribution is -1.88. The van der Waals surface area contributed by atoms with Gasteiger partial charge in [0.2, 0.25) is 0 Å². The number of fused-ring (bicyclic) bond motifs is 2. The van der Waals surface area contributed by atoms with E-state index in [1.165, 1.54) is 32.0 Å². The van der Waals surface area contributed by atoms with Crippen molar-refractivity contribution in [3.8, 4) is 0 Å². The van der Waals surface area contributed by atoms with Crippen LogP contribution in [-0.2, 0) is 0 Å². The molecule has 1 nitrogen and oxygen atoms in total. The van der Waals surface area contributed by atoms with Crippen LogP contribution in [0.15, 0.2) is 88.8 Å². The summed E-state index contributed by atoms with van der Waals surface area (Å²) in [5.74, 6) is 0. The van der Waals surface area contributed by atoms with Gasteiger partial charge in [-0.3, -0.25) is 4.99 Å². The third-order valence-corrected chi connectivity index (χ3v) is 5.02. The van der Waals surface area contributed by atoms with E-state index >= 15 is 0 Å². The van der Waals surface area contributed by atoms with Crippen LogP contribution in [0.5, 0.6) is 0 Å². The highest BCUT2D eigenvalue weighted by Crippen LogP contribution is 2.30. The molecule has 0 saturated carbocycles. The lowest BCUT2D eigenvalue weighted by Gasteiger charge is -2.08. The zero-order valence-corrected chi connectivity index (χ0v) is 14.3. The molecule has 0 radical (unpaired) electrons. The van der Waals surface area contributed by atoms with Crippen LogP contribution in [0.1, 0.15) is 5.56 Å². The summed E-state index contributed by atoms with van der Waals surface area (Å²) >= 11 is 1.72. The van der Waals surface area contributed by atoms with Crippen molar-refractivity contribution in [3.63, 3.8) is 0 Å². The Morgan fingerprint density at radius 3 is 2.00 bits per heavy atom. The van der Waals surface area contributed by atoms with E-state index < -0.39 is 0 Å². The Morgan fingerprint density at radius 2 is 1.33 bits per heavy atom. The standard InChI is InChI=1S/C22H17NS/c1-24-22-13-7-6-12-21(22)23-15-20-18-10-4-2-8-16(18)14-17-9-3-5-11-19(17)20/h2-15H,1H3. The number of hydrogen-bond acceptors (Lipinski definition) is 2. The van der Waals surface area contributed by atoms with E-state index in [9.17, 15) is 0 Å². The minimum atomic E-state index is 1.02. The maximum absolute atomic E-state index is 4.80. The lowest BCUT2D eigenvalue weighted by molar-refractivity contribution is 1.38. The van der Waals surface area contributed by atoms with E-state index in [2.05, 4.69) is 79.1 Å². The molecule has 0 N–H and O–H groups in total. The number of hydrogen-bond donors (Lipinski definition) is 0. The predicted molar refractivity (Wildman–Crippen MR) is 107 cm³/mol. The quantitative estimate of drug-likeness (QED) is 0.239. The van der Waals surface area contributed by atoms with Gasteiger partial charge in [-0.25, -0.2) is 0 Å². The fraction of sp³-hybridized carbons (Fsp3) is 0.0455. The Hall–Kier alpha value is -2.58. The summed E-state index contributed by atoms with van der Waals surface area (Å²) in [6.45, 7) is 0. The van der Waals surface area contributed by atoms with Gasteiger partial charge in [0, 0.05) is 16.7 Å². The average Bonchev–Trinajstić information content (AvgIpc) is 2.65. The average molecular weight is 327 g/mol. The topological polar surface area (TPSA) is 12.4 Å². The highest BCUT2D eigenvalue weighted by Gasteiger charge is 2.06. The summed E-state index contributed by atoms with van der Waals surface area (Å²) in [6.07, 6.45) is 4.10. The van der Waals surface area contributed by atoms with E-state index in [1.54, 1.807) is 11.8 Å². The highest BCUT2D eigenvalue weighted by atomic mass is 32.2. The van der Waals surface area contributed by atoms with Crippen molar-refractivity contribution in [1.29, 1.82) is 0 Å². The molecule has 0 aliphatic carbocycles. The zero-order valence-electron chi connectivity index (χ0n) is 13.4. The van der Waals surface area contributed by atoms with E-state index in [0.29, 0.717) is 0 Å². The number of nitrogens with zero attached hydrogens (tertiary/aromatic N) is 1. The fourth-order valence-corrected chi connectivity index (χ4v) is 3.60. The first-order valence-corrected chi connectivity index (χ1v) is 9.17. The summed E-state index contributed by atoms with van der Waals surface area (Å²) < 4.78 is 0. The number of benzene rings is 4. The van der Waals surface area contributed by atoms with Crippen molar-refractivity contribution in [3.05, 3.63) is 84.4 Å². The van der Waals surface area contributed by atoms with E-state index in [0.717, 1.165) is 5.69 Å². The highest BCUT2D eigenvalue weighted by molar-refractivity contribution is 7.98. The second-order valence-electron chi connectivity index (χ2n) is 5.66. The number of thioether (sulfide) groups is 1. The van der Waals surface area contributed by atoms with Gasteiger partial charge in [-0.1, -0.05) is 60.7 Å². The van der Waals surface area contributed by atoms with Crippen LogP contribution in [0.25, 0.3) is 21.5 Å². The molecule has 0 amide bonds. The van der Waals surface area contributed by atoms with E-state index in [1.807, 2.05) is 12.3 Å². The largest absolute Gasteiger partial charge is 0.255 e. The number of para-hydroxylation sites is 1. The minimum absolute atomic E-state index is 1.02. The lowest BCUT2D eigenvalue weighted by atomic mass is 9.97. The molecule has 0 atom stereocenters. The second kappa shape index (κ2) is 6.50. The van der Waals surface area contributed by atoms with Crippen LogP contribution in [0.2, 0.25) is 0 Å². The second-order valence-corrected chi connectivity index (χ2v) is 6.51. The Labute approximate surface area is 146 Å². The van der Waals surface area contributed by atoms with Crippen molar-refractivity contribution in [2.75, 3.05) is 6.26 Å². The van der Waals surface area contributed by atoms with Gasteiger partial charge < -0.3 is 0 Å². The molecule has 0 unspecified atom stereocenters. The molecule has 116 valence electrons. The summed E-state index contributed by atoms with van der Waals surface area (Å²) in [6, 6.07) is 27.5. The molecular weight excluding hydrogens is 310 g/mol. The molecule has 0 heterocycles. The first-order valence-electron chi connectivity index (χ1n) is 7.94. The number of rotatable bonds is 3. The molecular formula is C22H17NS. The molecule has 4 rings (SSSR count). The molecule has 0 saturated heterocycles. The Bertz CT molecular complexity index is 996. The maximum atomic E-state index is 4.80. The van der Waals surface area contributed by atoms with Gasteiger partial charge in [0.05, 0.1) is 5.69 Å².